The number of hydrogen-bond donors (Lipinski definition) is 1. The number of likely N-dealkylation sites (tertiary alicyclic amines) is 1. The molecule has 1 aromatic rings. The standard InChI is InChI=1S/C15H26N4O/c1-4-13-8-6-5-7-9-18(13)14(20)10-19-12(3)15(16)11(2)17-19/h13H,4-10,16H2,1-3H3. The number of carbonyl (C=O) groups excluding carboxylic acids is 1. The van der Waals surface area contributed by atoms with Gasteiger partial charge in [0.2, 0.25) is 5.91 Å². The predicted octanol–water partition coefficient (Wildman–Crippen LogP) is 2.26. The molecule has 1 atom stereocenters. The molecule has 0 aliphatic carbocycles. The third kappa shape index (κ3) is 2.97. The van der Waals surface area contributed by atoms with Gasteiger partial charge in [0.15, 0.2) is 0 Å². The first-order valence-corrected chi connectivity index (χ1v) is 7.63. The predicted molar refractivity (Wildman–Crippen MR) is 80.4 cm³/mol. The number of hydrogen-bond acceptors (Lipinski definition) is 3. The van der Waals surface area contributed by atoms with Crippen LogP contribution in [0.2, 0.25) is 0 Å². The second kappa shape index (κ2) is 6.29. The van der Waals surface area contributed by atoms with Crippen molar-refractivity contribution in [3.63, 3.8) is 0 Å². The van der Waals surface area contributed by atoms with E-state index in [0.717, 1.165) is 37.2 Å². The molecule has 1 aliphatic heterocycles. The molecule has 1 fully saturated rings. The molecular weight excluding hydrogens is 252 g/mol. The Kier molecular flexibility index (Phi) is 4.68. The van der Waals surface area contributed by atoms with Gasteiger partial charge in [0, 0.05) is 12.6 Å². The zero-order chi connectivity index (χ0) is 14.7. The second-order valence-electron chi connectivity index (χ2n) is 5.74. The summed E-state index contributed by atoms with van der Waals surface area (Å²) < 4.78 is 1.74. The summed E-state index contributed by atoms with van der Waals surface area (Å²) in [5.74, 6) is 0.171. The number of anilines is 1. The van der Waals surface area contributed by atoms with E-state index < -0.39 is 0 Å². The van der Waals surface area contributed by atoms with Crippen LogP contribution in [0.1, 0.15) is 50.4 Å². The summed E-state index contributed by atoms with van der Waals surface area (Å²) in [6.07, 6.45) is 5.73. The third-order valence-corrected chi connectivity index (χ3v) is 4.39. The van der Waals surface area contributed by atoms with Crippen molar-refractivity contribution in [1.29, 1.82) is 0 Å². The molecule has 1 unspecified atom stereocenters. The molecule has 2 rings (SSSR count). The topological polar surface area (TPSA) is 64.2 Å². The van der Waals surface area contributed by atoms with E-state index in [1.54, 1.807) is 4.68 Å². The van der Waals surface area contributed by atoms with E-state index in [1.165, 1.54) is 12.8 Å². The Hall–Kier alpha value is -1.52. The first kappa shape index (κ1) is 14.9. The highest BCUT2D eigenvalue weighted by atomic mass is 16.2. The van der Waals surface area contributed by atoms with Gasteiger partial charge < -0.3 is 10.6 Å². The maximum atomic E-state index is 12.6. The molecule has 0 spiro atoms. The molecule has 5 nitrogen and oxygen atoms in total. The highest BCUT2D eigenvalue weighted by molar-refractivity contribution is 5.76. The third-order valence-electron chi connectivity index (χ3n) is 4.39. The molecule has 1 saturated heterocycles. The Labute approximate surface area is 121 Å². The number of nitrogens with zero attached hydrogens (tertiary/aromatic N) is 3. The second-order valence-corrected chi connectivity index (χ2v) is 5.74. The van der Waals surface area contributed by atoms with E-state index in [-0.39, 0.29) is 5.91 Å². The van der Waals surface area contributed by atoms with Crippen molar-refractivity contribution in [2.24, 2.45) is 0 Å². The van der Waals surface area contributed by atoms with Crippen LogP contribution in [0.4, 0.5) is 5.69 Å². The number of aryl methyl sites for hydroxylation is 1. The number of nitrogens with two attached hydrogens (primary N) is 1. The van der Waals surface area contributed by atoms with Gasteiger partial charge in [-0.05, 0) is 33.1 Å². The van der Waals surface area contributed by atoms with Gasteiger partial charge in [-0.25, -0.2) is 0 Å². The number of amides is 1. The minimum Gasteiger partial charge on any atom is -0.396 e. The van der Waals surface area contributed by atoms with Crippen molar-refractivity contribution in [1.82, 2.24) is 14.7 Å². The van der Waals surface area contributed by atoms with Crippen molar-refractivity contribution in [2.45, 2.75) is 65.5 Å². The van der Waals surface area contributed by atoms with E-state index in [4.69, 9.17) is 5.73 Å². The molecule has 0 aromatic carbocycles. The maximum absolute atomic E-state index is 12.6. The van der Waals surface area contributed by atoms with E-state index in [0.29, 0.717) is 18.3 Å². The highest BCUT2D eigenvalue weighted by Crippen LogP contribution is 2.20. The largest absolute Gasteiger partial charge is 0.396 e. The van der Waals surface area contributed by atoms with E-state index in [1.807, 2.05) is 13.8 Å². The number of rotatable bonds is 3. The number of carbonyl (C=O) groups is 1. The quantitative estimate of drug-likeness (QED) is 0.922. The Balaban J connectivity index is 2.11. The summed E-state index contributed by atoms with van der Waals surface area (Å²) >= 11 is 0. The van der Waals surface area contributed by atoms with Crippen LogP contribution in [0.3, 0.4) is 0 Å². The fraction of sp³-hybridized carbons (Fsp3) is 0.733. The summed E-state index contributed by atoms with van der Waals surface area (Å²) in [4.78, 5) is 14.6. The smallest absolute Gasteiger partial charge is 0.244 e. The summed E-state index contributed by atoms with van der Waals surface area (Å²) in [7, 11) is 0. The van der Waals surface area contributed by atoms with Crippen molar-refractivity contribution in [3.05, 3.63) is 11.4 Å². The van der Waals surface area contributed by atoms with Gasteiger partial charge in [-0.15, -0.1) is 0 Å². The van der Waals surface area contributed by atoms with Gasteiger partial charge in [0.1, 0.15) is 6.54 Å². The minimum atomic E-state index is 0.171. The molecule has 1 amide bonds. The zero-order valence-corrected chi connectivity index (χ0v) is 12.9. The van der Waals surface area contributed by atoms with E-state index in [2.05, 4.69) is 16.9 Å². The van der Waals surface area contributed by atoms with Crippen LogP contribution in [0.15, 0.2) is 0 Å². The molecular formula is C15H26N4O. The van der Waals surface area contributed by atoms with Crippen LogP contribution in [0, 0.1) is 13.8 Å². The normalized spacial score (nSPS) is 19.9. The average molecular weight is 278 g/mol. The minimum absolute atomic E-state index is 0.171. The molecule has 20 heavy (non-hydrogen) atoms. The molecule has 5 heteroatoms. The summed E-state index contributed by atoms with van der Waals surface area (Å²) in [5, 5.41) is 4.36. The van der Waals surface area contributed by atoms with Gasteiger partial charge in [-0.1, -0.05) is 19.8 Å². The molecule has 0 saturated carbocycles. The molecule has 1 aliphatic rings. The van der Waals surface area contributed by atoms with Gasteiger partial charge in [-0.2, -0.15) is 5.10 Å². The summed E-state index contributed by atoms with van der Waals surface area (Å²) in [5.41, 5.74) is 8.31. The van der Waals surface area contributed by atoms with Gasteiger partial charge >= 0.3 is 0 Å². The maximum Gasteiger partial charge on any atom is 0.244 e. The highest BCUT2D eigenvalue weighted by Gasteiger charge is 2.25. The van der Waals surface area contributed by atoms with E-state index in [9.17, 15) is 4.79 Å². The number of aromatic nitrogens is 2. The molecule has 2 heterocycles. The lowest BCUT2D eigenvalue weighted by atomic mass is 10.1. The van der Waals surface area contributed by atoms with Gasteiger partial charge in [0.05, 0.1) is 17.1 Å². The van der Waals surface area contributed by atoms with Crippen molar-refractivity contribution >= 4 is 11.6 Å². The van der Waals surface area contributed by atoms with Crippen LogP contribution in [0.5, 0.6) is 0 Å². The Bertz CT molecular complexity index is 480. The summed E-state index contributed by atoms with van der Waals surface area (Å²) in [6.45, 7) is 7.15. The van der Waals surface area contributed by atoms with Crippen molar-refractivity contribution in [3.8, 4) is 0 Å². The Morgan fingerprint density at radius 3 is 2.70 bits per heavy atom. The SMILES string of the molecule is CCC1CCCCCN1C(=O)Cn1nc(C)c(N)c1C. The monoisotopic (exact) mass is 278 g/mol. The van der Waals surface area contributed by atoms with Crippen LogP contribution >= 0.6 is 0 Å². The molecule has 0 bridgehead atoms. The lowest BCUT2D eigenvalue weighted by Gasteiger charge is -2.29. The zero-order valence-electron chi connectivity index (χ0n) is 12.9. The lowest BCUT2D eigenvalue weighted by Crippen LogP contribution is -2.41. The first-order valence-electron chi connectivity index (χ1n) is 7.63. The fourth-order valence-electron chi connectivity index (χ4n) is 3.01. The molecule has 2 N–H and O–H groups in total. The Morgan fingerprint density at radius 2 is 2.10 bits per heavy atom. The van der Waals surface area contributed by atoms with Crippen LogP contribution in [-0.4, -0.2) is 33.2 Å². The lowest BCUT2D eigenvalue weighted by molar-refractivity contribution is -0.134. The van der Waals surface area contributed by atoms with Crippen molar-refractivity contribution in [2.75, 3.05) is 12.3 Å². The van der Waals surface area contributed by atoms with Crippen LogP contribution in [0.25, 0.3) is 0 Å². The molecule has 0 radical (unpaired) electrons. The average Bonchev–Trinajstić information content (AvgIpc) is 2.66. The van der Waals surface area contributed by atoms with Crippen molar-refractivity contribution < 1.29 is 4.79 Å². The van der Waals surface area contributed by atoms with Crippen LogP contribution < -0.4 is 5.73 Å². The summed E-state index contributed by atoms with van der Waals surface area (Å²) in [6, 6.07) is 0.388. The molecule has 112 valence electrons. The van der Waals surface area contributed by atoms with Crippen LogP contribution in [-0.2, 0) is 11.3 Å². The number of nitrogen functional groups attached to an aromatic ring is 1. The molecule has 1 aromatic heterocycles. The van der Waals surface area contributed by atoms with E-state index >= 15 is 0 Å². The van der Waals surface area contributed by atoms with Gasteiger partial charge in [-0.3, -0.25) is 9.48 Å². The fourth-order valence-corrected chi connectivity index (χ4v) is 3.01. The van der Waals surface area contributed by atoms with Gasteiger partial charge in [0.25, 0.3) is 0 Å². The Morgan fingerprint density at radius 1 is 1.35 bits per heavy atom. The first-order chi connectivity index (χ1) is 9.54.